The standard InChI is InChI=1S/C19H19F4NO3/c1-10(2)17(25)13-5-6-15(16(18(13)26)19(21,22)23)27-9-11-3-4-12(8-24)14(20)7-11/h3-7,10,26H,8-9,24H2,1-2H3. The van der Waals surface area contributed by atoms with E-state index in [2.05, 4.69) is 0 Å². The molecule has 0 aliphatic rings. The molecule has 0 unspecified atom stereocenters. The number of nitrogens with two attached hydrogens (primary N) is 1. The minimum absolute atomic E-state index is 0.00952. The predicted molar refractivity (Wildman–Crippen MR) is 90.9 cm³/mol. The van der Waals surface area contributed by atoms with Gasteiger partial charge >= 0.3 is 6.18 Å². The summed E-state index contributed by atoms with van der Waals surface area (Å²) in [7, 11) is 0. The molecule has 2 aromatic carbocycles. The number of phenols is 1. The fourth-order valence-corrected chi connectivity index (χ4v) is 2.48. The van der Waals surface area contributed by atoms with Crippen LogP contribution in [0.25, 0.3) is 0 Å². The summed E-state index contributed by atoms with van der Waals surface area (Å²) in [6.45, 7) is 2.66. The van der Waals surface area contributed by atoms with Crippen LogP contribution in [-0.4, -0.2) is 10.9 Å². The molecule has 0 atom stereocenters. The van der Waals surface area contributed by atoms with Gasteiger partial charge in [-0.3, -0.25) is 4.79 Å². The highest BCUT2D eigenvalue weighted by Crippen LogP contribution is 2.44. The minimum Gasteiger partial charge on any atom is -0.506 e. The summed E-state index contributed by atoms with van der Waals surface area (Å²) in [6, 6.07) is 6.07. The molecule has 27 heavy (non-hydrogen) atoms. The number of ether oxygens (including phenoxy) is 1. The lowest BCUT2D eigenvalue weighted by molar-refractivity contribution is -0.140. The Kier molecular flexibility index (Phi) is 6.10. The zero-order valence-electron chi connectivity index (χ0n) is 14.7. The fraction of sp³-hybridized carbons (Fsp3) is 0.316. The van der Waals surface area contributed by atoms with Gasteiger partial charge in [0.05, 0.1) is 5.56 Å². The molecule has 2 aromatic rings. The number of Topliss-reactive ketones (excluding diaryl/α,β-unsaturated/α-hetero) is 1. The van der Waals surface area contributed by atoms with Crippen LogP contribution in [0.15, 0.2) is 30.3 Å². The molecule has 0 radical (unpaired) electrons. The number of alkyl halides is 3. The average Bonchev–Trinajstić information content (AvgIpc) is 2.58. The first kappa shape index (κ1) is 20.7. The van der Waals surface area contributed by atoms with Crippen molar-refractivity contribution >= 4 is 5.78 Å². The molecule has 0 bridgehead atoms. The van der Waals surface area contributed by atoms with Crippen molar-refractivity contribution in [1.82, 2.24) is 0 Å². The molecule has 3 N–H and O–H groups in total. The Bertz CT molecular complexity index is 848. The zero-order valence-corrected chi connectivity index (χ0v) is 14.7. The van der Waals surface area contributed by atoms with Crippen LogP contribution < -0.4 is 10.5 Å². The number of ketones is 1. The highest BCUT2D eigenvalue weighted by Gasteiger charge is 2.39. The van der Waals surface area contributed by atoms with Gasteiger partial charge in [0.2, 0.25) is 0 Å². The number of phenolic OH excluding ortho intramolecular Hbond substituents is 1. The first-order valence-corrected chi connectivity index (χ1v) is 8.13. The number of benzene rings is 2. The normalized spacial score (nSPS) is 11.7. The average molecular weight is 385 g/mol. The number of hydrogen-bond donors (Lipinski definition) is 2. The maximum atomic E-state index is 13.7. The molecule has 2 rings (SSSR count). The quantitative estimate of drug-likeness (QED) is 0.570. The third-order valence-corrected chi connectivity index (χ3v) is 3.94. The predicted octanol–water partition coefficient (Wildman–Crippen LogP) is 4.43. The van der Waals surface area contributed by atoms with Crippen molar-refractivity contribution < 1.29 is 32.2 Å². The Labute approximate surface area is 153 Å². The lowest BCUT2D eigenvalue weighted by atomic mass is 9.97. The van der Waals surface area contributed by atoms with Crippen molar-refractivity contribution in [2.45, 2.75) is 33.2 Å². The summed E-state index contributed by atoms with van der Waals surface area (Å²) in [6.07, 6.45) is -4.94. The van der Waals surface area contributed by atoms with Crippen molar-refractivity contribution in [3.05, 3.63) is 58.4 Å². The van der Waals surface area contributed by atoms with Crippen LogP contribution in [0.2, 0.25) is 0 Å². The summed E-state index contributed by atoms with van der Waals surface area (Å²) < 4.78 is 59.1. The van der Waals surface area contributed by atoms with E-state index in [0.717, 1.165) is 18.2 Å². The number of aromatic hydroxyl groups is 1. The van der Waals surface area contributed by atoms with Gasteiger partial charge in [0, 0.05) is 18.0 Å². The Morgan fingerprint density at radius 3 is 2.41 bits per heavy atom. The second-order valence-corrected chi connectivity index (χ2v) is 6.27. The second-order valence-electron chi connectivity index (χ2n) is 6.27. The van der Waals surface area contributed by atoms with E-state index in [1.165, 1.54) is 26.0 Å². The molecule has 146 valence electrons. The molecule has 4 nitrogen and oxygen atoms in total. The lowest BCUT2D eigenvalue weighted by Gasteiger charge is -2.18. The topological polar surface area (TPSA) is 72.5 Å². The van der Waals surface area contributed by atoms with Gasteiger partial charge < -0.3 is 15.6 Å². The summed E-state index contributed by atoms with van der Waals surface area (Å²) in [5.41, 5.74) is 4.05. The number of hydrogen-bond acceptors (Lipinski definition) is 4. The lowest BCUT2D eigenvalue weighted by Crippen LogP contribution is -2.14. The smallest absolute Gasteiger partial charge is 0.423 e. The highest BCUT2D eigenvalue weighted by atomic mass is 19.4. The van der Waals surface area contributed by atoms with Crippen LogP contribution in [0.3, 0.4) is 0 Å². The molecule has 0 saturated carbocycles. The van der Waals surface area contributed by atoms with Gasteiger partial charge in [-0.05, 0) is 23.8 Å². The maximum Gasteiger partial charge on any atom is 0.423 e. The van der Waals surface area contributed by atoms with Crippen LogP contribution >= 0.6 is 0 Å². The first-order valence-electron chi connectivity index (χ1n) is 8.13. The number of carbonyl (C=O) groups is 1. The van der Waals surface area contributed by atoms with Crippen molar-refractivity contribution in [1.29, 1.82) is 0 Å². The number of rotatable bonds is 6. The van der Waals surface area contributed by atoms with E-state index in [4.69, 9.17) is 10.5 Å². The second kappa shape index (κ2) is 7.96. The van der Waals surface area contributed by atoms with Gasteiger partial charge in [-0.15, -0.1) is 0 Å². The van der Waals surface area contributed by atoms with Gasteiger partial charge in [0.25, 0.3) is 0 Å². The van der Waals surface area contributed by atoms with Crippen molar-refractivity contribution in [2.24, 2.45) is 11.7 Å². The third kappa shape index (κ3) is 4.57. The molecule has 0 spiro atoms. The van der Waals surface area contributed by atoms with Crippen LogP contribution in [0, 0.1) is 11.7 Å². The molecular formula is C19H19F4NO3. The van der Waals surface area contributed by atoms with Crippen molar-refractivity contribution in [2.75, 3.05) is 0 Å². The summed E-state index contributed by atoms with van der Waals surface area (Å²) in [5.74, 6) is -3.63. The van der Waals surface area contributed by atoms with Crippen LogP contribution in [0.5, 0.6) is 11.5 Å². The van der Waals surface area contributed by atoms with Crippen LogP contribution in [0.4, 0.5) is 17.6 Å². The number of carbonyl (C=O) groups excluding carboxylic acids is 1. The van der Waals surface area contributed by atoms with E-state index in [1.807, 2.05) is 0 Å². The van der Waals surface area contributed by atoms with Crippen LogP contribution in [0.1, 0.15) is 40.9 Å². The highest BCUT2D eigenvalue weighted by molar-refractivity contribution is 6.00. The fourth-order valence-electron chi connectivity index (χ4n) is 2.48. The van der Waals surface area contributed by atoms with Crippen molar-refractivity contribution in [3.63, 3.8) is 0 Å². The minimum atomic E-state index is -4.94. The van der Waals surface area contributed by atoms with E-state index >= 15 is 0 Å². The zero-order chi connectivity index (χ0) is 20.4. The summed E-state index contributed by atoms with van der Waals surface area (Å²) >= 11 is 0. The van der Waals surface area contributed by atoms with E-state index in [1.54, 1.807) is 0 Å². The third-order valence-electron chi connectivity index (χ3n) is 3.94. The largest absolute Gasteiger partial charge is 0.506 e. The number of halogens is 4. The Morgan fingerprint density at radius 2 is 1.89 bits per heavy atom. The van der Waals surface area contributed by atoms with Gasteiger partial charge in [-0.1, -0.05) is 26.0 Å². The molecule has 0 saturated heterocycles. The first-order chi connectivity index (χ1) is 12.6. The van der Waals surface area contributed by atoms with Gasteiger partial charge in [0.15, 0.2) is 5.78 Å². The van der Waals surface area contributed by atoms with Crippen molar-refractivity contribution in [3.8, 4) is 11.5 Å². The molecule has 0 heterocycles. The molecule has 0 fully saturated rings. The summed E-state index contributed by atoms with van der Waals surface area (Å²) in [5, 5.41) is 10.0. The molecule has 8 heteroatoms. The van der Waals surface area contributed by atoms with E-state index in [0.29, 0.717) is 5.56 Å². The molecule has 0 aliphatic carbocycles. The maximum absolute atomic E-state index is 13.7. The molecule has 0 aliphatic heterocycles. The van der Waals surface area contributed by atoms with E-state index < -0.39 is 46.3 Å². The molecule has 0 amide bonds. The van der Waals surface area contributed by atoms with Gasteiger partial charge in [0.1, 0.15) is 29.5 Å². The van der Waals surface area contributed by atoms with E-state index in [-0.39, 0.29) is 18.7 Å². The Morgan fingerprint density at radius 1 is 1.22 bits per heavy atom. The van der Waals surface area contributed by atoms with Crippen LogP contribution in [-0.2, 0) is 19.3 Å². The van der Waals surface area contributed by atoms with E-state index in [9.17, 15) is 27.5 Å². The SMILES string of the molecule is CC(C)C(=O)c1ccc(OCc2ccc(CN)c(F)c2)c(C(F)(F)F)c1O. The Hall–Kier alpha value is -2.61. The summed E-state index contributed by atoms with van der Waals surface area (Å²) in [4.78, 5) is 12.0. The van der Waals surface area contributed by atoms with Gasteiger partial charge in [-0.25, -0.2) is 4.39 Å². The van der Waals surface area contributed by atoms with Gasteiger partial charge in [-0.2, -0.15) is 13.2 Å². The monoisotopic (exact) mass is 385 g/mol. The Balaban J connectivity index is 2.37. The molecule has 0 aromatic heterocycles. The molecular weight excluding hydrogens is 366 g/mol.